The summed E-state index contributed by atoms with van der Waals surface area (Å²) in [5.74, 6) is 0.395. The fourth-order valence-corrected chi connectivity index (χ4v) is 2.86. The Kier molecular flexibility index (Phi) is 3.84. The number of nitrogen functional groups attached to an aromatic ring is 1. The van der Waals surface area contributed by atoms with E-state index < -0.39 is 10.0 Å². The van der Waals surface area contributed by atoms with Gasteiger partial charge in [-0.2, -0.15) is 5.10 Å². The summed E-state index contributed by atoms with van der Waals surface area (Å²) >= 11 is 0. The number of methoxy groups -OCH3 is 1. The van der Waals surface area contributed by atoms with E-state index >= 15 is 0 Å². The number of hydrogen-bond donors (Lipinski definition) is 2. The predicted molar refractivity (Wildman–Crippen MR) is 76.1 cm³/mol. The lowest BCUT2D eigenvalue weighted by atomic mass is 10.3. The molecule has 108 valence electrons. The van der Waals surface area contributed by atoms with Crippen molar-refractivity contribution in [1.82, 2.24) is 9.78 Å². The van der Waals surface area contributed by atoms with Crippen LogP contribution in [0.1, 0.15) is 6.92 Å². The summed E-state index contributed by atoms with van der Waals surface area (Å²) in [6, 6.07) is 6.73. The summed E-state index contributed by atoms with van der Waals surface area (Å²) in [5.41, 5.74) is 5.99. The van der Waals surface area contributed by atoms with E-state index in [0.29, 0.717) is 18.0 Å². The summed E-state index contributed by atoms with van der Waals surface area (Å²) in [4.78, 5) is -0.0507. The van der Waals surface area contributed by atoms with Crippen LogP contribution in [-0.4, -0.2) is 25.3 Å². The third kappa shape index (κ3) is 2.69. The summed E-state index contributed by atoms with van der Waals surface area (Å²) in [7, 11) is -2.34. The van der Waals surface area contributed by atoms with Crippen molar-refractivity contribution in [1.29, 1.82) is 0 Å². The van der Waals surface area contributed by atoms with Gasteiger partial charge in [0, 0.05) is 12.7 Å². The molecule has 1 heterocycles. The van der Waals surface area contributed by atoms with Gasteiger partial charge in [-0.25, -0.2) is 8.42 Å². The van der Waals surface area contributed by atoms with Gasteiger partial charge < -0.3 is 10.5 Å². The molecule has 20 heavy (non-hydrogen) atoms. The van der Waals surface area contributed by atoms with Crippen LogP contribution in [-0.2, 0) is 16.6 Å². The molecule has 0 spiro atoms. The molecular formula is C12H16N4O3S. The number of aromatic nitrogens is 2. The van der Waals surface area contributed by atoms with Crippen LogP contribution in [0.5, 0.6) is 5.75 Å². The molecule has 0 saturated carbocycles. The van der Waals surface area contributed by atoms with E-state index in [1.54, 1.807) is 24.3 Å². The lowest BCUT2D eigenvalue weighted by Crippen LogP contribution is -2.14. The maximum Gasteiger partial charge on any atom is 0.267 e. The van der Waals surface area contributed by atoms with Crippen LogP contribution in [0.15, 0.2) is 35.4 Å². The fraction of sp³-hybridized carbons (Fsp3) is 0.250. The van der Waals surface area contributed by atoms with Crippen molar-refractivity contribution in [2.24, 2.45) is 0 Å². The Balaban J connectivity index is 2.38. The highest BCUT2D eigenvalue weighted by molar-refractivity contribution is 7.92. The Bertz CT molecular complexity index is 709. The lowest BCUT2D eigenvalue weighted by Gasteiger charge is -2.10. The van der Waals surface area contributed by atoms with Crippen molar-refractivity contribution < 1.29 is 13.2 Å². The molecule has 1 aromatic heterocycles. The van der Waals surface area contributed by atoms with Crippen molar-refractivity contribution in [3.05, 3.63) is 30.5 Å². The number of nitrogens with two attached hydrogens (primary N) is 1. The van der Waals surface area contributed by atoms with Gasteiger partial charge in [-0.1, -0.05) is 12.1 Å². The SMILES string of the molecule is CCn1cc(S(=O)(=O)Nc2ccccc2OC)c(N)n1. The van der Waals surface area contributed by atoms with Gasteiger partial charge in [0.25, 0.3) is 10.0 Å². The van der Waals surface area contributed by atoms with Gasteiger partial charge in [-0.05, 0) is 19.1 Å². The Hall–Kier alpha value is -2.22. The number of nitrogens with zero attached hydrogens (tertiary/aromatic N) is 2. The van der Waals surface area contributed by atoms with Crippen LogP contribution in [0.4, 0.5) is 11.5 Å². The zero-order valence-electron chi connectivity index (χ0n) is 11.2. The third-order valence-corrected chi connectivity index (χ3v) is 4.10. The van der Waals surface area contributed by atoms with Gasteiger partial charge in [0.15, 0.2) is 5.82 Å². The average molecular weight is 296 g/mol. The normalized spacial score (nSPS) is 11.3. The van der Waals surface area contributed by atoms with E-state index in [0.717, 1.165) is 0 Å². The van der Waals surface area contributed by atoms with Gasteiger partial charge in [0.05, 0.1) is 12.8 Å². The number of sulfonamides is 1. The van der Waals surface area contributed by atoms with E-state index in [9.17, 15) is 8.42 Å². The van der Waals surface area contributed by atoms with Gasteiger partial charge in [0.2, 0.25) is 0 Å². The minimum atomic E-state index is -3.80. The summed E-state index contributed by atoms with van der Waals surface area (Å²) in [5, 5.41) is 3.92. The molecule has 0 aliphatic carbocycles. The topological polar surface area (TPSA) is 99.2 Å². The number of anilines is 2. The van der Waals surface area contributed by atoms with Crippen LogP contribution < -0.4 is 15.2 Å². The Labute approximate surface area is 117 Å². The molecule has 7 nitrogen and oxygen atoms in total. The monoisotopic (exact) mass is 296 g/mol. The number of rotatable bonds is 5. The smallest absolute Gasteiger partial charge is 0.267 e. The lowest BCUT2D eigenvalue weighted by molar-refractivity contribution is 0.417. The molecule has 8 heteroatoms. The first kappa shape index (κ1) is 14.2. The van der Waals surface area contributed by atoms with Crippen LogP contribution in [0.25, 0.3) is 0 Å². The van der Waals surface area contributed by atoms with Crippen LogP contribution in [0.2, 0.25) is 0 Å². The molecule has 0 atom stereocenters. The molecule has 0 radical (unpaired) electrons. The predicted octanol–water partition coefficient (Wildman–Crippen LogP) is 1.29. The number of ether oxygens (including phenoxy) is 1. The molecule has 3 N–H and O–H groups in total. The summed E-state index contributed by atoms with van der Waals surface area (Å²) in [6.07, 6.45) is 1.40. The first-order chi connectivity index (χ1) is 9.47. The Morgan fingerprint density at radius 2 is 2.10 bits per heavy atom. The third-order valence-electron chi connectivity index (χ3n) is 2.72. The number of aryl methyl sites for hydroxylation is 1. The van der Waals surface area contributed by atoms with Crippen molar-refractivity contribution in [2.75, 3.05) is 17.6 Å². The molecule has 0 bridgehead atoms. The number of benzene rings is 1. The maximum atomic E-state index is 12.3. The number of nitrogens with one attached hydrogen (secondary N) is 1. The molecule has 1 aromatic carbocycles. The number of hydrogen-bond acceptors (Lipinski definition) is 5. The van der Waals surface area contributed by atoms with E-state index in [-0.39, 0.29) is 10.7 Å². The molecule has 0 aliphatic heterocycles. The average Bonchev–Trinajstić information content (AvgIpc) is 2.81. The summed E-state index contributed by atoms with van der Waals surface area (Å²) < 4.78 is 33.7. The van der Waals surface area contributed by atoms with Gasteiger partial charge in [-0.3, -0.25) is 9.40 Å². The second-order valence-electron chi connectivity index (χ2n) is 4.04. The van der Waals surface area contributed by atoms with Crippen LogP contribution in [0, 0.1) is 0 Å². The second kappa shape index (κ2) is 5.41. The molecule has 0 aliphatic rings. The molecule has 0 amide bonds. The van der Waals surface area contributed by atoms with Crippen LogP contribution in [0.3, 0.4) is 0 Å². The van der Waals surface area contributed by atoms with Crippen molar-refractivity contribution in [3.63, 3.8) is 0 Å². The van der Waals surface area contributed by atoms with Gasteiger partial charge in [-0.15, -0.1) is 0 Å². The zero-order chi connectivity index (χ0) is 14.8. The molecule has 0 saturated heterocycles. The second-order valence-corrected chi connectivity index (χ2v) is 5.69. The fourth-order valence-electron chi connectivity index (χ4n) is 1.72. The van der Waals surface area contributed by atoms with E-state index in [2.05, 4.69) is 9.82 Å². The Morgan fingerprint density at radius 1 is 1.40 bits per heavy atom. The molecule has 0 unspecified atom stereocenters. The largest absolute Gasteiger partial charge is 0.495 e. The van der Waals surface area contributed by atoms with E-state index in [1.165, 1.54) is 18.0 Å². The number of para-hydroxylation sites is 2. The van der Waals surface area contributed by atoms with Gasteiger partial charge in [0.1, 0.15) is 10.6 Å². The zero-order valence-corrected chi connectivity index (χ0v) is 12.0. The van der Waals surface area contributed by atoms with Gasteiger partial charge >= 0.3 is 0 Å². The molecule has 2 aromatic rings. The maximum absolute atomic E-state index is 12.3. The first-order valence-electron chi connectivity index (χ1n) is 5.96. The summed E-state index contributed by atoms with van der Waals surface area (Å²) in [6.45, 7) is 2.38. The van der Waals surface area contributed by atoms with Crippen molar-refractivity contribution in [3.8, 4) is 5.75 Å². The highest BCUT2D eigenvalue weighted by Gasteiger charge is 2.22. The highest BCUT2D eigenvalue weighted by atomic mass is 32.2. The molecular weight excluding hydrogens is 280 g/mol. The van der Waals surface area contributed by atoms with E-state index in [1.807, 2.05) is 6.92 Å². The standard InChI is InChI=1S/C12H16N4O3S/c1-3-16-8-11(12(13)14-16)20(17,18)15-9-6-4-5-7-10(9)19-2/h4-8,15H,3H2,1-2H3,(H2,13,14). The highest BCUT2D eigenvalue weighted by Crippen LogP contribution is 2.27. The quantitative estimate of drug-likeness (QED) is 0.866. The Morgan fingerprint density at radius 3 is 2.70 bits per heavy atom. The van der Waals surface area contributed by atoms with E-state index in [4.69, 9.17) is 10.5 Å². The van der Waals surface area contributed by atoms with Crippen LogP contribution >= 0.6 is 0 Å². The first-order valence-corrected chi connectivity index (χ1v) is 7.45. The molecule has 0 fully saturated rings. The van der Waals surface area contributed by atoms with Crippen molar-refractivity contribution in [2.45, 2.75) is 18.4 Å². The minimum Gasteiger partial charge on any atom is -0.495 e. The minimum absolute atomic E-state index is 0.0331. The molecule has 2 rings (SSSR count). The van der Waals surface area contributed by atoms with Crippen molar-refractivity contribution >= 4 is 21.5 Å².